The number of carbonyl (C=O) groups excluding carboxylic acids is 1. The zero-order chi connectivity index (χ0) is 25.9. The van der Waals surface area contributed by atoms with Crippen molar-refractivity contribution in [1.29, 1.82) is 0 Å². The zero-order valence-electron chi connectivity index (χ0n) is 21.9. The molecule has 0 bridgehead atoms. The van der Waals surface area contributed by atoms with Gasteiger partial charge in [-0.05, 0) is 36.7 Å². The lowest BCUT2D eigenvalue weighted by Gasteiger charge is -2.32. The van der Waals surface area contributed by atoms with Crippen molar-refractivity contribution in [3.8, 4) is 22.4 Å². The molecular formula is C30H34N6O2. The Kier molecular flexibility index (Phi) is 7.18. The van der Waals surface area contributed by atoms with Crippen LogP contribution in [0.1, 0.15) is 15.9 Å². The number of hydrogen-bond acceptors (Lipinski definition) is 6. The number of benzene rings is 2. The van der Waals surface area contributed by atoms with Crippen molar-refractivity contribution in [1.82, 2.24) is 29.7 Å². The number of rotatable bonds is 6. The molecule has 8 nitrogen and oxygen atoms in total. The summed E-state index contributed by atoms with van der Waals surface area (Å²) in [5.74, 6) is 0.0489. The number of morpholine rings is 1. The first-order valence-electron chi connectivity index (χ1n) is 13.5. The Morgan fingerprint density at radius 1 is 0.921 bits per heavy atom. The van der Waals surface area contributed by atoms with Gasteiger partial charge in [0, 0.05) is 68.7 Å². The third kappa shape index (κ3) is 5.34. The molecule has 0 aliphatic carbocycles. The van der Waals surface area contributed by atoms with Crippen molar-refractivity contribution in [3.63, 3.8) is 0 Å². The highest BCUT2D eigenvalue weighted by molar-refractivity contribution is 5.96. The second kappa shape index (κ2) is 11.0. The first-order chi connectivity index (χ1) is 18.6. The second-order valence-corrected chi connectivity index (χ2v) is 10.2. The lowest BCUT2D eigenvalue weighted by molar-refractivity contribution is 0.0303. The molecular weight excluding hydrogens is 476 g/mol. The van der Waals surface area contributed by atoms with Gasteiger partial charge < -0.3 is 24.4 Å². The van der Waals surface area contributed by atoms with Crippen LogP contribution in [-0.4, -0.2) is 102 Å². The van der Waals surface area contributed by atoms with Crippen molar-refractivity contribution in [2.24, 2.45) is 0 Å². The Balaban J connectivity index is 1.16. The molecule has 1 amide bonds. The summed E-state index contributed by atoms with van der Waals surface area (Å²) in [5.41, 5.74) is 7.49. The number of piperazine rings is 1. The fourth-order valence-electron chi connectivity index (χ4n) is 5.19. The summed E-state index contributed by atoms with van der Waals surface area (Å²) in [4.78, 5) is 32.4. The van der Waals surface area contributed by atoms with Crippen molar-refractivity contribution < 1.29 is 9.53 Å². The van der Waals surface area contributed by atoms with Gasteiger partial charge in [0.25, 0.3) is 5.91 Å². The van der Waals surface area contributed by atoms with Crippen molar-refractivity contribution in [2.45, 2.75) is 6.42 Å². The average Bonchev–Trinajstić information content (AvgIpc) is 3.41. The highest BCUT2D eigenvalue weighted by Crippen LogP contribution is 2.29. The fraction of sp³-hybridized carbons (Fsp3) is 0.367. The van der Waals surface area contributed by atoms with E-state index in [1.165, 1.54) is 5.56 Å². The quantitative estimate of drug-likeness (QED) is 0.428. The Labute approximate surface area is 223 Å². The Morgan fingerprint density at radius 2 is 1.63 bits per heavy atom. The van der Waals surface area contributed by atoms with E-state index in [-0.39, 0.29) is 5.91 Å². The molecule has 2 aromatic carbocycles. The Hall–Kier alpha value is -3.59. The van der Waals surface area contributed by atoms with Crippen LogP contribution in [0.15, 0.2) is 60.9 Å². The third-order valence-electron chi connectivity index (χ3n) is 7.68. The molecule has 2 aliphatic rings. The minimum absolute atomic E-state index is 0.0489. The van der Waals surface area contributed by atoms with E-state index >= 15 is 0 Å². The average molecular weight is 511 g/mol. The molecule has 0 unspecified atom stereocenters. The van der Waals surface area contributed by atoms with E-state index in [9.17, 15) is 4.79 Å². The molecule has 38 heavy (non-hydrogen) atoms. The smallest absolute Gasteiger partial charge is 0.254 e. The predicted octanol–water partition coefficient (Wildman–Crippen LogP) is 3.55. The van der Waals surface area contributed by atoms with Gasteiger partial charge in [-0.25, -0.2) is 9.97 Å². The number of ether oxygens (including phenoxy) is 1. The van der Waals surface area contributed by atoms with Gasteiger partial charge in [-0.1, -0.05) is 36.4 Å². The normalized spacial score (nSPS) is 17.2. The topological polar surface area (TPSA) is 77.6 Å². The van der Waals surface area contributed by atoms with Gasteiger partial charge in [0.15, 0.2) is 5.65 Å². The lowest BCUT2D eigenvalue weighted by Crippen LogP contribution is -2.45. The second-order valence-electron chi connectivity index (χ2n) is 10.2. The standard InChI is InChI=1S/C30H34N6O2/c1-34-12-14-35(15-13-34)11-10-22-2-4-24(5-3-22)27-21-32-29-28(33-27)26(20-31-29)23-6-8-25(9-7-23)30(37)36-16-18-38-19-17-36/h2-9,20-21H,10-19H2,1H3,(H,31,32). The maximum Gasteiger partial charge on any atom is 0.254 e. The molecule has 0 saturated carbocycles. The molecule has 6 rings (SSSR count). The van der Waals surface area contributed by atoms with Gasteiger partial charge in [-0.15, -0.1) is 0 Å². The zero-order valence-corrected chi connectivity index (χ0v) is 21.9. The third-order valence-corrected chi connectivity index (χ3v) is 7.68. The number of nitrogens with zero attached hydrogens (tertiary/aromatic N) is 5. The summed E-state index contributed by atoms with van der Waals surface area (Å²) in [7, 11) is 2.19. The van der Waals surface area contributed by atoms with Crippen LogP contribution in [0.4, 0.5) is 0 Å². The minimum atomic E-state index is 0.0489. The number of fused-ring (bicyclic) bond motifs is 1. The van der Waals surface area contributed by atoms with Gasteiger partial charge in [0.05, 0.1) is 25.1 Å². The van der Waals surface area contributed by atoms with Crippen molar-refractivity contribution >= 4 is 17.1 Å². The Bertz CT molecular complexity index is 1380. The summed E-state index contributed by atoms with van der Waals surface area (Å²) in [5, 5.41) is 0. The van der Waals surface area contributed by atoms with E-state index in [2.05, 4.69) is 51.1 Å². The molecule has 2 saturated heterocycles. The highest BCUT2D eigenvalue weighted by Gasteiger charge is 2.19. The van der Waals surface area contributed by atoms with E-state index in [0.717, 1.165) is 72.7 Å². The number of amides is 1. The molecule has 0 radical (unpaired) electrons. The molecule has 4 heterocycles. The molecule has 1 N–H and O–H groups in total. The monoisotopic (exact) mass is 510 g/mol. The molecule has 0 atom stereocenters. The van der Waals surface area contributed by atoms with Crippen LogP contribution in [0, 0.1) is 0 Å². The summed E-state index contributed by atoms with van der Waals surface area (Å²) in [6.07, 6.45) is 4.82. The first kappa shape index (κ1) is 24.7. The number of hydrogen-bond donors (Lipinski definition) is 1. The molecule has 2 fully saturated rings. The number of aromatic amines is 1. The highest BCUT2D eigenvalue weighted by atomic mass is 16.5. The largest absolute Gasteiger partial charge is 0.378 e. The van der Waals surface area contributed by atoms with Crippen LogP contribution in [0.25, 0.3) is 33.5 Å². The van der Waals surface area contributed by atoms with E-state index < -0.39 is 0 Å². The predicted molar refractivity (Wildman–Crippen MR) is 149 cm³/mol. The van der Waals surface area contributed by atoms with E-state index in [1.807, 2.05) is 41.6 Å². The van der Waals surface area contributed by atoms with Crippen LogP contribution in [0.5, 0.6) is 0 Å². The van der Waals surface area contributed by atoms with E-state index in [1.54, 1.807) is 0 Å². The van der Waals surface area contributed by atoms with Crippen molar-refractivity contribution in [2.75, 3.05) is 66.1 Å². The fourth-order valence-corrected chi connectivity index (χ4v) is 5.19. The van der Waals surface area contributed by atoms with Crippen molar-refractivity contribution in [3.05, 3.63) is 72.1 Å². The van der Waals surface area contributed by atoms with Gasteiger partial charge >= 0.3 is 0 Å². The molecule has 0 spiro atoms. The van der Waals surface area contributed by atoms with Crippen LogP contribution in [0.2, 0.25) is 0 Å². The summed E-state index contributed by atoms with van der Waals surface area (Å²) >= 11 is 0. The van der Waals surface area contributed by atoms with E-state index in [4.69, 9.17) is 9.72 Å². The van der Waals surface area contributed by atoms with Crippen LogP contribution >= 0.6 is 0 Å². The molecule has 8 heteroatoms. The van der Waals surface area contributed by atoms with Gasteiger partial charge in [-0.3, -0.25) is 4.79 Å². The first-order valence-corrected chi connectivity index (χ1v) is 13.5. The number of likely N-dealkylation sites (N-methyl/N-ethyl adjacent to an activating group) is 1. The number of H-pyrrole nitrogens is 1. The van der Waals surface area contributed by atoms with Gasteiger partial charge in [0.1, 0.15) is 5.52 Å². The lowest BCUT2D eigenvalue weighted by atomic mass is 10.0. The molecule has 4 aromatic rings. The SMILES string of the molecule is CN1CCN(CCc2ccc(-c3cnc4[nH]cc(-c5ccc(C(=O)N6CCOCC6)cc5)c4n3)cc2)CC1. The maximum absolute atomic E-state index is 12.8. The van der Waals surface area contributed by atoms with Crippen LogP contribution in [0.3, 0.4) is 0 Å². The molecule has 2 aromatic heterocycles. The summed E-state index contributed by atoms with van der Waals surface area (Å²) in [6.45, 7) is 8.17. The van der Waals surface area contributed by atoms with Crippen LogP contribution < -0.4 is 0 Å². The minimum Gasteiger partial charge on any atom is -0.378 e. The number of nitrogens with one attached hydrogen (secondary N) is 1. The summed E-state index contributed by atoms with van der Waals surface area (Å²) in [6, 6.07) is 16.5. The van der Waals surface area contributed by atoms with E-state index in [0.29, 0.717) is 31.9 Å². The number of aromatic nitrogens is 3. The maximum atomic E-state index is 12.8. The number of carbonyl (C=O) groups is 1. The van der Waals surface area contributed by atoms with Gasteiger partial charge in [-0.2, -0.15) is 0 Å². The molecule has 196 valence electrons. The molecule has 2 aliphatic heterocycles. The summed E-state index contributed by atoms with van der Waals surface area (Å²) < 4.78 is 5.37. The van der Waals surface area contributed by atoms with Crippen LogP contribution in [-0.2, 0) is 11.2 Å². The Morgan fingerprint density at radius 3 is 2.37 bits per heavy atom. The van der Waals surface area contributed by atoms with Gasteiger partial charge in [0.2, 0.25) is 0 Å².